The normalized spacial score (nSPS) is 11.5. The van der Waals surface area contributed by atoms with Gasteiger partial charge in [-0.2, -0.15) is 5.26 Å². The first-order chi connectivity index (χ1) is 8.99. The molecule has 0 saturated heterocycles. The molecule has 0 spiro atoms. The van der Waals surface area contributed by atoms with Crippen molar-refractivity contribution < 1.29 is 4.79 Å². The molecule has 102 valence electrons. The molecule has 0 heterocycles. The molecule has 1 rings (SSSR count). The second kappa shape index (κ2) is 6.64. The van der Waals surface area contributed by atoms with E-state index in [1.54, 1.807) is 18.2 Å². The Morgan fingerprint density at radius 1 is 1.58 bits per heavy atom. The summed E-state index contributed by atoms with van der Waals surface area (Å²) in [5, 5.41) is 11.6. The first kappa shape index (κ1) is 14.8. The number of amides is 1. The second-order valence-electron chi connectivity index (χ2n) is 4.55. The highest BCUT2D eigenvalue weighted by Crippen LogP contribution is 2.23. The summed E-state index contributed by atoms with van der Waals surface area (Å²) in [5.41, 5.74) is 7.69. The maximum Gasteiger partial charge on any atom is 0.253 e. The quantitative estimate of drug-likeness (QED) is 0.788. The van der Waals surface area contributed by atoms with Crippen molar-refractivity contribution in [2.24, 2.45) is 5.92 Å². The van der Waals surface area contributed by atoms with Gasteiger partial charge in [0.1, 0.15) is 0 Å². The molecule has 1 amide bonds. The molecule has 0 bridgehead atoms. The van der Waals surface area contributed by atoms with Gasteiger partial charge in [-0.25, -0.2) is 0 Å². The maximum atomic E-state index is 12.0. The minimum absolute atomic E-state index is 0.117. The molecule has 1 atom stereocenters. The fourth-order valence-corrected chi connectivity index (χ4v) is 1.86. The van der Waals surface area contributed by atoms with Crippen LogP contribution in [0.25, 0.3) is 0 Å². The van der Waals surface area contributed by atoms with Crippen LogP contribution in [0.15, 0.2) is 18.2 Å². The van der Waals surface area contributed by atoms with Crippen LogP contribution in [0.3, 0.4) is 0 Å². The lowest BCUT2D eigenvalue weighted by atomic mass is 10.1. The first-order valence-electron chi connectivity index (χ1n) is 6.28. The Morgan fingerprint density at radius 3 is 2.84 bits per heavy atom. The number of nitrogen functional groups attached to an aromatic ring is 1. The summed E-state index contributed by atoms with van der Waals surface area (Å²) in [6.07, 6.45) is 0. The molecule has 3 N–H and O–H groups in total. The van der Waals surface area contributed by atoms with Crippen LogP contribution in [-0.4, -0.2) is 26.0 Å². The van der Waals surface area contributed by atoms with Gasteiger partial charge in [-0.05, 0) is 32.0 Å². The molecule has 0 radical (unpaired) electrons. The van der Waals surface area contributed by atoms with Crippen LogP contribution in [0.2, 0.25) is 0 Å². The smallest absolute Gasteiger partial charge is 0.253 e. The van der Waals surface area contributed by atoms with Gasteiger partial charge in [-0.3, -0.25) is 4.79 Å². The van der Waals surface area contributed by atoms with Crippen molar-refractivity contribution in [2.75, 3.05) is 30.8 Å². The van der Waals surface area contributed by atoms with E-state index in [2.05, 4.69) is 11.4 Å². The lowest BCUT2D eigenvalue weighted by Gasteiger charge is -2.23. The van der Waals surface area contributed by atoms with Gasteiger partial charge in [-0.15, -0.1) is 0 Å². The third-order valence-corrected chi connectivity index (χ3v) is 2.78. The number of nitrogens with one attached hydrogen (secondary N) is 1. The number of carbonyl (C=O) groups is 1. The van der Waals surface area contributed by atoms with Gasteiger partial charge in [-0.1, -0.05) is 0 Å². The largest absolute Gasteiger partial charge is 0.399 e. The van der Waals surface area contributed by atoms with E-state index < -0.39 is 0 Å². The summed E-state index contributed by atoms with van der Waals surface area (Å²) in [4.78, 5) is 13.9. The summed E-state index contributed by atoms with van der Waals surface area (Å²) >= 11 is 0. The van der Waals surface area contributed by atoms with Crippen molar-refractivity contribution >= 4 is 17.3 Å². The van der Waals surface area contributed by atoms with E-state index in [9.17, 15) is 4.79 Å². The Bertz CT molecular complexity index is 493. The van der Waals surface area contributed by atoms with E-state index in [4.69, 9.17) is 11.0 Å². The van der Waals surface area contributed by atoms with Gasteiger partial charge < -0.3 is 16.0 Å². The molecule has 0 aliphatic heterocycles. The molecule has 0 aliphatic rings. The summed E-state index contributed by atoms with van der Waals surface area (Å²) in [5.74, 6) is -0.248. The maximum absolute atomic E-state index is 12.0. The number of nitrogens with zero attached hydrogens (tertiary/aromatic N) is 2. The zero-order valence-corrected chi connectivity index (χ0v) is 11.6. The summed E-state index contributed by atoms with van der Waals surface area (Å²) in [6, 6.07) is 7.35. The number of hydrogen-bond donors (Lipinski definition) is 2. The highest BCUT2D eigenvalue weighted by atomic mass is 16.1. The van der Waals surface area contributed by atoms with Crippen LogP contribution in [0.5, 0.6) is 0 Å². The van der Waals surface area contributed by atoms with E-state index in [1.807, 2.05) is 25.8 Å². The average molecular weight is 260 g/mol. The van der Waals surface area contributed by atoms with Crippen molar-refractivity contribution in [3.63, 3.8) is 0 Å². The summed E-state index contributed by atoms with van der Waals surface area (Å²) < 4.78 is 0. The van der Waals surface area contributed by atoms with Crippen molar-refractivity contribution in [2.45, 2.75) is 13.8 Å². The lowest BCUT2D eigenvalue weighted by Crippen LogP contribution is -2.29. The van der Waals surface area contributed by atoms with Crippen molar-refractivity contribution in [3.05, 3.63) is 23.8 Å². The number of nitriles is 1. The molecule has 1 aromatic rings. The third kappa shape index (κ3) is 3.88. The fourth-order valence-electron chi connectivity index (χ4n) is 1.86. The van der Waals surface area contributed by atoms with E-state index in [-0.39, 0.29) is 11.8 Å². The highest BCUT2D eigenvalue weighted by molar-refractivity contribution is 6.00. The lowest BCUT2D eigenvalue weighted by molar-refractivity contribution is 0.0956. The molecule has 0 fully saturated rings. The van der Waals surface area contributed by atoms with Crippen molar-refractivity contribution in [1.82, 2.24) is 5.32 Å². The van der Waals surface area contributed by atoms with E-state index >= 15 is 0 Å². The van der Waals surface area contributed by atoms with Crippen LogP contribution < -0.4 is 16.0 Å². The monoisotopic (exact) mass is 260 g/mol. The molecule has 1 unspecified atom stereocenters. The minimum atomic E-state index is -0.131. The zero-order chi connectivity index (χ0) is 14.4. The molecular weight excluding hydrogens is 240 g/mol. The Balaban J connectivity index is 3.06. The van der Waals surface area contributed by atoms with Gasteiger partial charge in [0.25, 0.3) is 5.91 Å². The Kier molecular flexibility index (Phi) is 5.19. The van der Waals surface area contributed by atoms with Crippen molar-refractivity contribution in [3.8, 4) is 6.07 Å². The van der Waals surface area contributed by atoms with Gasteiger partial charge >= 0.3 is 0 Å². The van der Waals surface area contributed by atoms with E-state index in [0.29, 0.717) is 24.3 Å². The minimum Gasteiger partial charge on any atom is -0.399 e. The molecule has 0 saturated carbocycles. The zero-order valence-electron chi connectivity index (χ0n) is 11.6. The molecule has 1 aromatic carbocycles. The second-order valence-corrected chi connectivity index (χ2v) is 4.55. The van der Waals surface area contributed by atoms with Crippen LogP contribution in [0.1, 0.15) is 24.2 Å². The number of benzene rings is 1. The van der Waals surface area contributed by atoms with Crippen LogP contribution in [0.4, 0.5) is 11.4 Å². The van der Waals surface area contributed by atoms with Crippen molar-refractivity contribution in [1.29, 1.82) is 5.26 Å². The predicted molar refractivity (Wildman–Crippen MR) is 76.9 cm³/mol. The number of carbonyl (C=O) groups excluding carboxylic acids is 1. The molecule has 5 heteroatoms. The third-order valence-electron chi connectivity index (χ3n) is 2.78. The van der Waals surface area contributed by atoms with Gasteiger partial charge in [0.05, 0.1) is 23.2 Å². The van der Waals surface area contributed by atoms with Gasteiger partial charge in [0.2, 0.25) is 0 Å². The van der Waals surface area contributed by atoms with E-state index in [0.717, 1.165) is 5.69 Å². The average Bonchev–Trinajstić information content (AvgIpc) is 2.38. The highest BCUT2D eigenvalue weighted by Gasteiger charge is 2.15. The fraction of sp³-hybridized carbons (Fsp3) is 0.429. The Labute approximate surface area is 114 Å². The molecule has 19 heavy (non-hydrogen) atoms. The number of anilines is 2. The van der Waals surface area contributed by atoms with Gasteiger partial charge in [0.15, 0.2) is 0 Å². The van der Waals surface area contributed by atoms with Crippen LogP contribution in [-0.2, 0) is 0 Å². The van der Waals surface area contributed by atoms with Gasteiger partial charge in [0, 0.05) is 25.8 Å². The molecule has 0 aromatic heterocycles. The SMILES string of the molecule is CCNC(=O)c1ccc(N)cc1N(C)CC(C)C#N. The predicted octanol–water partition coefficient (Wildman–Crippen LogP) is 1.61. The molecule has 0 aliphatic carbocycles. The number of rotatable bonds is 5. The number of nitrogens with two attached hydrogens (primary N) is 1. The first-order valence-corrected chi connectivity index (χ1v) is 6.28. The topological polar surface area (TPSA) is 82.2 Å². The van der Waals surface area contributed by atoms with E-state index in [1.165, 1.54) is 0 Å². The van der Waals surface area contributed by atoms with Crippen LogP contribution >= 0.6 is 0 Å². The molecule has 5 nitrogen and oxygen atoms in total. The number of hydrogen-bond acceptors (Lipinski definition) is 4. The summed E-state index contributed by atoms with van der Waals surface area (Å²) in [6.45, 7) is 4.83. The Hall–Kier alpha value is -2.22. The van der Waals surface area contributed by atoms with Crippen LogP contribution in [0, 0.1) is 17.2 Å². The summed E-state index contributed by atoms with van der Waals surface area (Å²) in [7, 11) is 1.85. The standard InChI is InChI=1S/C14H20N4O/c1-4-17-14(19)12-6-5-11(16)7-13(12)18(3)9-10(2)8-15/h5-7,10H,4,9,16H2,1-3H3,(H,17,19). The Morgan fingerprint density at radius 2 is 2.26 bits per heavy atom. The molecular formula is C14H20N4O.